The molecule has 0 saturated carbocycles. The maximum absolute atomic E-state index is 12.9. The second-order valence-electron chi connectivity index (χ2n) is 6.57. The summed E-state index contributed by atoms with van der Waals surface area (Å²) in [5.74, 6) is 0.750. The van der Waals surface area contributed by atoms with Crippen molar-refractivity contribution < 1.29 is 23.2 Å². The van der Waals surface area contributed by atoms with E-state index in [2.05, 4.69) is 15.1 Å². The van der Waals surface area contributed by atoms with Crippen molar-refractivity contribution in [1.29, 1.82) is 0 Å². The number of rotatable bonds is 9. The van der Waals surface area contributed by atoms with E-state index >= 15 is 0 Å². The van der Waals surface area contributed by atoms with Crippen LogP contribution in [0.3, 0.4) is 0 Å². The van der Waals surface area contributed by atoms with Gasteiger partial charge < -0.3 is 14.0 Å². The summed E-state index contributed by atoms with van der Waals surface area (Å²) >= 11 is 3.12. The minimum Gasteiger partial charge on any atom is -0.485 e. The Bertz CT molecular complexity index is 1190. The van der Waals surface area contributed by atoms with Crippen molar-refractivity contribution in [3.05, 3.63) is 87.7 Å². The molecule has 2 aromatic heterocycles. The lowest BCUT2D eigenvalue weighted by atomic mass is 10.2. The Hall–Kier alpha value is -3.24. The van der Waals surface area contributed by atoms with Gasteiger partial charge in [0.05, 0.1) is 16.3 Å². The number of carbonyl (C=O) groups is 1. The second kappa shape index (κ2) is 10.4. The highest BCUT2D eigenvalue weighted by atomic mass is 32.2. The van der Waals surface area contributed by atoms with E-state index < -0.39 is 5.97 Å². The fourth-order valence-electron chi connectivity index (χ4n) is 2.68. The summed E-state index contributed by atoms with van der Waals surface area (Å²) in [6.07, 6.45) is 0. The Kier molecular flexibility index (Phi) is 7.13. The molecule has 10 heteroatoms. The van der Waals surface area contributed by atoms with Crippen molar-refractivity contribution in [2.45, 2.75) is 30.8 Å². The quantitative estimate of drug-likeness (QED) is 0.243. The van der Waals surface area contributed by atoms with Gasteiger partial charge in [-0.3, -0.25) is 0 Å². The van der Waals surface area contributed by atoms with Crippen LogP contribution in [0.2, 0.25) is 0 Å². The molecule has 0 fully saturated rings. The van der Waals surface area contributed by atoms with E-state index in [1.165, 1.54) is 36.0 Å². The summed E-state index contributed by atoms with van der Waals surface area (Å²) in [7, 11) is 0. The van der Waals surface area contributed by atoms with Crippen molar-refractivity contribution in [3.63, 3.8) is 0 Å². The van der Waals surface area contributed by atoms with Gasteiger partial charge in [-0.2, -0.15) is 4.98 Å². The third kappa shape index (κ3) is 5.92. The van der Waals surface area contributed by atoms with Gasteiger partial charge in [0.2, 0.25) is 5.82 Å². The molecule has 0 aliphatic rings. The van der Waals surface area contributed by atoms with Crippen molar-refractivity contribution in [2.75, 3.05) is 0 Å². The Labute approximate surface area is 191 Å². The molecule has 0 aliphatic heterocycles. The molecular formula is C22H18FN3O4S2. The largest absolute Gasteiger partial charge is 0.485 e. The maximum Gasteiger partial charge on any atom is 0.339 e. The number of aromatic nitrogens is 3. The molecule has 32 heavy (non-hydrogen) atoms. The summed E-state index contributed by atoms with van der Waals surface area (Å²) < 4.78 is 28.9. The maximum atomic E-state index is 12.9. The highest BCUT2D eigenvalue weighted by Gasteiger charge is 2.16. The van der Waals surface area contributed by atoms with Crippen molar-refractivity contribution in [3.8, 4) is 5.75 Å². The molecule has 0 atom stereocenters. The van der Waals surface area contributed by atoms with E-state index in [4.69, 9.17) is 14.0 Å². The molecule has 4 rings (SSSR count). The van der Waals surface area contributed by atoms with E-state index in [0.717, 1.165) is 15.6 Å². The van der Waals surface area contributed by atoms with Crippen LogP contribution in [0.1, 0.15) is 32.8 Å². The normalized spacial score (nSPS) is 10.8. The van der Waals surface area contributed by atoms with E-state index in [0.29, 0.717) is 17.1 Å². The van der Waals surface area contributed by atoms with Crippen LogP contribution < -0.4 is 4.74 Å². The van der Waals surface area contributed by atoms with Gasteiger partial charge in [0.1, 0.15) is 11.6 Å². The lowest BCUT2D eigenvalue weighted by Crippen LogP contribution is -2.07. The number of carbonyl (C=O) groups excluding carboxylic acids is 1. The number of thiazole rings is 1. The molecule has 2 aromatic carbocycles. The summed E-state index contributed by atoms with van der Waals surface area (Å²) in [4.78, 5) is 22.0. The van der Waals surface area contributed by atoms with E-state index in [-0.39, 0.29) is 30.7 Å². The summed E-state index contributed by atoms with van der Waals surface area (Å²) in [5.41, 5.74) is 1.44. The topological polar surface area (TPSA) is 87.3 Å². The predicted octanol–water partition coefficient (Wildman–Crippen LogP) is 5.20. The molecule has 164 valence electrons. The molecule has 0 spiro atoms. The second-order valence-corrected chi connectivity index (χ2v) is 8.65. The number of benzene rings is 2. The Morgan fingerprint density at radius 3 is 2.72 bits per heavy atom. The summed E-state index contributed by atoms with van der Waals surface area (Å²) in [6, 6.07) is 12.8. The van der Waals surface area contributed by atoms with Crippen LogP contribution in [0.5, 0.6) is 5.75 Å². The minimum absolute atomic E-state index is 0.0403. The average Bonchev–Trinajstić information content (AvgIpc) is 3.44. The third-order valence-electron chi connectivity index (χ3n) is 4.17. The third-order valence-corrected chi connectivity index (χ3v) is 6.10. The molecule has 2 heterocycles. The molecule has 0 N–H and O–H groups in total. The summed E-state index contributed by atoms with van der Waals surface area (Å²) in [5, 5.41) is 6.82. The molecule has 0 unspecified atom stereocenters. The standard InChI is InChI=1S/C22H18FN3O4S2/c1-14-24-16(12-31-14)13-32-19-5-3-2-4-18(19)22(27)29-11-21-25-20(26-30-21)10-28-17-8-6-15(23)7-9-17/h2-9,12H,10-11,13H2,1H3. The zero-order valence-corrected chi connectivity index (χ0v) is 18.6. The van der Waals surface area contributed by atoms with Crippen molar-refractivity contribution >= 4 is 29.1 Å². The predicted molar refractivity (Wildman–Crippen MR) is 117 cm³/mol. The van der Waals surface area contributed by atoms with Gasteiger partial charge in [0, 0.05) is 16.0 Å². The highest BCUT2D eigenvalue weighted by molar-refractivity contribution is 7.98. The van der Waals surface area contributed by atoms with Crippen LogP contribution in [-0.4, -0.2) is 21.1 Å². The molecule has 0 saturated heterocycles. The first kappa shape index (κ1) is 22.0. The van der Waals surface area contributed by atoms with Gasteiger partial charge in [-0.15, -0.1) is 23.1 Å². The number of ether oxygens (including phenoxy) is 2. The van der Waals surface area contributed by atoms with E-state index in [9.17, 15) is 9.18 Å². The first-order valence-corrected chi connectivity index (χ1v) is 11.4. The number of aryl methyl sites for hydroxylation is 1. The van der Waals surface area contributed by atoms with Crippen LogP contribution in [0, 0.1) is 12.7 Å². The van der Waals surface area contributed by atoms with Crippen molar-refractivity contribution in [1.82, 2.24) is 15.1 Å². The number of halogens is 1. The van der Waals surface area contributed by atoms with Crippen LogP contribution >= 0.6 is 23.1 Å². The van der Waals surface area contributed by atoms with Crippen LogP contribution in [-0.2, 0) is 23.7 Å². The Morgan fingerprint density at radius 2 is 1.94 bits per heavy atom. The minimum atomic E-state index is -0.482. The number of hydrogen-bond acceptors (Lipinski definition) is 9. The number of nitrogens with zero attached hydrogens (tertiary/aromatic N) is 3. The van der Waals surface area contributed by atoms with E-state index in [1.54, 1.807) is 23.5 Å². The van der Waals surface area contributed by atoms with Gasteiger partial charge >= 0.3 is 5.97 Å². The highest BCUT2D eigenvalue weighted by Crippen LogP contribution is 2.27. The first-order valence-electron chi connectivity index (χ1n) is 9.56. The first-order chi connectivity index (χ1) is 15.6. The van der Waals surface area contributed by atoms with Gasteiger partial charge in [0.15, 0.2) is 13.2 Å². The zero-order valence-electron chi connectivity index (χ0n) is 17.0. The van der Waals surface area contributed by atoms with Gasteiger partial charge in [0.25, 0.3) is 5.89 Å². The van der Waals surface area contributed by atoms with Crippen LogP contribution in [0.25, 0.3) is 0 Å². The SMILES string of the molecule is Cc1nc(CSc2ccccc2C(=O)OCc2nc(COc3ccc(F)cc3)no2)cs1. The molecule has 0 aliphatic carbocycles. The lowest BCUT2D eigenvalue weighted by Gasteiger charge is -2.07. The number of esters is 1. The van der Waals surface area contributed by atoms with Crippen LogP contribution in [0.15, 0.2) is 63.3 Å². The molecule has 0 amide bonds. The average molecular weight is 472 g/mol. The van der Waals surface area contributed by atoms with Crippen molar-refractivity contribution in [2.24, 2.45) is 0 Å². The lowest BCUT2D eigenvalue weighted by molar-refractivity contribution is 0.0425. The van der Waals surface area contributed by atoms with Gasteiger partial charge in [-0.05, 0) is 43.3 Å². The van der Waals surface area contributed by atoms with Gasteiger partial charge in [-0.1, -0.05) is 17.3 Å². The monoisotopic (exact) mass is 471 g/mol. The smallest absolute Gasteiger partial charge is 0.339 e. The fraction of sp³-hybridized carbons (Fsp3) is 0.182. The van der Waals surface area contributed by atoms with Gasteiger partial charge in [-0.25, -0.2) is 14.2 Å². The Morgan fingerprint density at radius 1 is 1.12 bits per heavy atom. The molecule has 0 bridgehead atoms. The Balaban J connectivity index is 1.30. The van der Waals surface area contributed by atoms with Crippen LogP contribution in [0.4, 0.5) is 4.39 Å². The molecule has 0 radical (unpaired) electrons. The zero-order chi connectivity index (χ0) is 22.3. The summed E-state index contributed by atoms with van der Waals surface area (Å²) in [6.45, 7) is 1.84. The fourth-order valence-corrected chi connectivity index (χ4v) is 4.33. The number of hydrogen-bond donors (Lipinski definition) is 0. The molecule has 7 nitrogen and oxygen atoms in total. The number of thioether (sulfide) groups is 1. The molecular weight excluding hydrogens is 453 g/mol. The molecule has 4 aromatic rings. The van der Waals surface area contributed by atoms with E-state index in [1.807, 2.05) is 24.4 Å².